The summed E-state index contributed by atoms with van der Waals surface area (Å²) in [7, 11) is 0. The normalized spacial score (nSPS) is 12.2. The molecule has 0 saturated heterocycles. The van der Waals surface area contributed by atoms with Crippen LogP contribution >= 0.6 is 0 Å². The Morgan fingerprint density at radius 3 is 1.76 bits per heavy atom. The second-order valence-electron chi connectivity index (χ2n) is 7.05. The van der Waals surface area contributed by atoms with Crippen molar-refractivity contribution in [1.82, 2.24) is 0 Å². The highest BCUT2D eigenvalue weighted by Crippen LogP contribution is 2.13. The molecular weight excluding hydrogens is 316 g/mol. The monoisotopic (exact) mass is 356 g/mol. The molecule has 0 aromatic carbocycles. The molecule has 0 heterocycles. The molecule has 4 heteroatoms. The van der Waals surface area contributed by atoms with Crippen LogP contribution in [0.15, 0.2) is 0 Å². The van der Waals surface area contributed by atoms with E-state index < -0.39 is 0 Å². The van der Waals surface area contributed by atoms with Crippen LogP contribution in [-0.4, -0.2) is 24.1 Å². The highest BCUT2D eigenvalue weighted by molar-refractivity contribution is 5.77. The first-order valence-corrected chi connectivity index (χ1v) is 10.4. The summed E-state index contributed by atoms with van der Waals surface area (Å²) in [5.41, 5.74) is 0. The van der Waals surface area contributed by atoms with Crippen LogP contribution in [0.4, 0.5) is 0 Å². The van der Waals surface area contributed by atoms with E-state index in [1.165, 1.54) is 32.1 Å². The molecule has 1 unspecified atom stereocenters. The van der Waals surface area contributed by atoms with Crippen LogP contribution in [0.25, 0.3) is 0 Å². The summed E-state index contributed by atoms with van der Waals surface area (Å²) in [6.07, 6.45) is 12.2. The van der Waals surface area contributed by atoms with Gasteiger partial charge < -0.3 is 9.47 Å². The number of carbonyl (C=O) groups excluding carboxylic acids is 2. The van der Waals surface area contributed by atoms with Gasteiger partial charge in [0.25, 0.3) is 0 Å². The SMILES string of the molecule is CCCCCCCCC(C)OC(=O)CCC(=O)OC(CCC)CCC. The van der Waals surface area contributed by atoms with Gasteiger partial charge in [0.05, 0.1) is 18.9 Å². The molecule has 148 valence electrons. The summed E-state index contributed by atoms with van der Waals surface area (Å²) in [5.74, 6) is -0.578. The summed E-state index contributed by atoms with van der Waals surface area (Å²) >= 11 is 0. The summed E-state index contributed by atoms with van der Waals surface area (Å²) in [6, 6.07) is 0. The van der Waals surface area contributed by atoms with Gasteiger partial charge in [-0.1, -0.05) is 65.7 Å². The molecule has 0 aliphatic carbocycles. The number of hydrogen-bond donors (Lipinski definition) is 0. The van der Waals surface area contributed by atoms with Crippen LogP contribution in [0.5, 0.6) is 0 Å². The van der Waals surface area contributed by atoms with Crippen molar-refractivity contribution in [2.45, 2.75) is 123 Å². The number of hydrogen-bond acceptors (Lipinski definition) is 4. The molecule has 0 fully saturated rings. The number of esters is 2. The van der Waals surface area contributed by atoms with Crippen molar-refractivity contribution >= 4 is 11.9 Å². The van der Waals surface area contributed by atoms with Crippen molar-refractivity contribution in [1.29, 1.82) is 0 Å². The molecule has 0 aliphatic rings. The summed E-state index contributed by atoms with van der Waals surface area (Å²) in [5, 5.41) is 0. The highest BCUT2D eigenvalue weighted by atomic mass is 16.5. The Morgan fingerprint density at radius 1 is 0.680 bits per heavy atom. The fourth-order valence-corrected chi connectivity index (χ4v) is 2.91. The van der Waals surface area contributed by atoms with Crippen molar-refractivity contribution in [3.8, 4) is 0 Å². The van der Waals surface area contributed by atoms with E-state index in [1.54, 1.807) is 0 Å². The first kappa shape index (κ1) is 23.9. The van der Waals surface area contributed by atoms with E-state index in [4.69, 9.17) is 9.47 Å². The van der Waals surface area contributed by atoms with E-state index in [2.05, 4.69) is 20.8 Å². The zero-order valence-corrected chi connectivity index (χ0v) is 17.0. The van der Waals surface area contributed by atoms with Gasteiger partial charge in [0.1, 0.15) is 6.10 Å². The van der Waals surface area contributed by atoms with Gasteiger partial charge in [-0.3, -0.25) is 9.59 Å². The average molecular weight is 357 g/mol. The first-order valence-electron chi connectivity index (χ1n) is 10.4. The maximum atomic E-state index is 11.9. The minimum atomic E-state index is -0.294. The van der Waals surface area contributed by atoms with Crippen LogP contribution in [0.3, 0.4) is 0 Å². The van der Waals surface area contributed by atoms with Crippen LogP contribution in [0.2, 0.25) is 0 Å². The lowest BCUT2D eigenvalue weighted by Crippen LogP contribution is -2.20. The zero-order valence-electron chi connectivity index (χ0n) is 17.0. The molecule has 0 spiro atoms. The number of unbranched alkanes of at least 4 members (excludes halogenated alkanes) is 5. The molecule has 4 nitrogen and oxygen atoms in total. The van der Waals surface area contributed by atoms with Gasteiger partial charge in [0, 0.05) is 0 Å². The number of ether oxygens (including phenoxy) is 2. The number of carbonyl (C=O) groups is 2. The first-order chi connectivity index (χ1) is 12.0. The van der Waals surface area contributed by atoms with Crippen molar-refractivity contribution in [2.24, 2.45) is 0 Å². The van der Waals surface area contributed by atoms with Crippen LogP contribution in [0, 0.1) is 0 Å². The molecule has 0 amide bonds. The van der Waals surface area contributed by atoms with Gasteiger partial charge in [0.15, 0.2) is 0 Å². The quantitative estimate of drug-likeness (QED) is 0.253. The van der Waals surface area contributed by atoms with Gasteiger partial charge in [0.2, 0.25) is 0 Å². The third-order valence-electron chi connectivity index (χ3n) is 4.35. The van der Waals surface area contributed by atoms with Crippen molar-refractivity contribution in [3.63, 3.8) is 0 Å². The Hall–Kier alpha value is -1.06. The highest BCUT2D eigenvalue weighted by Gasteiger charge is 2.16. The lowest BCUT2D eigenvalue weighted by Gasteiger charge is -2.17. The van der Waals surface area contributed by atoms with Gasteiger partial charge in [-0.2, -0.15) is 0 Å². The Kier molecular flexibility index (Phi) is 15.7. The van der Waals surface area contributed by atoms with Crippen molar-refractivity contribution in [3.05, 3.63) is 0 Å². The summed E-state index contributed by atoms with van der Waals surface area (Å²) in [4.78, 5) is 23.7. The fourth-order valence-electron chi connectivity index (χ4n) is 2.91. The predicted octanol–water partition coefficient (Wildman–Crippen LogP) is 5.96. The standard InChI is InChI=1S/C21H40O4/c1-5-8-9-10-11-12-15-18(4)24-20(22)16-17-21(23)25-19(13-6-2)14-7-3/h18-19H,5-17H2,1-4H3. The lowest BCUT2D eigenvalue weighted by molar-refractivity contribution is -0.156. The Labute approximate surface area is 155 Å². The molecule has 0 radical (unpaired) electrons. The molecule has 0 bridgehead atoms. The largest absolute Gasteiger partial charge is 0.463 e. The fraction of sp³-hybridized carbons (Fsp3) is 0.905. The minimum absolute atomic E-state index is 0.00912. The Morgan fingerprint density at radius 2 is 1.20 bits per heavy atom. The second kappa shape index (κ2) is 16.4. The molecule has 0 rings (SSSR count). The van der Waals surface area contributed by atoms with Crippen LogP contribution in [-0.2, 0) is 19.1 Å². The smallest absolute Gasteiger partial charge is 0.306 e. The lowest BCUT2D eigenvalue weighted by atomic mass is 10.1. The average Bonchev–Trinajstić information content (AvgIpc) is 2.56. The third kappa shape index (κ3) is 14.9. The van der Waals surface area contributed by atoms with E-state index in [0.29, 0.717) is 0 Å². The molecular formula is C21H40O4. The van der Waals surface area contributed by atoms with Crippen LogP contribution < -0.4 is 0 Å². The molecule has 25 heavy (non-hydrogen) atoms. The van der Waals surface area contributed by atoms with Gasteiger partial charge >= 0.3 is 11.9 Å². The van der Waals surface area contributed by atoms with E-state index in [0.717, 1.165) is 38.5 Å². The third-order valence-corrected chi connectivity index (χ3v) is 4.35. The summed E-state index contributed by atoms with van der Waals surface area (Å²) < 4.78 is 10.8. The molecule has 1 atom stereocenters. The predicted molar refractivity (Wildman–Crippen MR) is 102 cm³/mol. The molecule has 0 N–H and O–H groups in total. The van der Waals surface area contributed by atoms with Gasteiger partial charge in [-0.15, -0.1) is 0 Å². The zero-order chi connectivity index (χ0) is 18.9. The van der Waals surface area contributed by atoms with E-state index in [1.807, 2.05) is 6.92 Å². The maximum absolute atomic E-state index is 11.9. The molecule has 0 aromatic heterocycles. The van der Waals surface area contributed by atoms with E-state index >= 15 is 0 Å². The van der Waals surface area contributed by atoms with E-state index in [-0.39, 0.29) is 37.0 Å². The maximum Gasteiger partial charge on any atom is 0.306 e. The van der Waals surface area contributed by atoms with Crippen molar-refractivity contribution in [2.75, 3.05) is 0 Å². The number of rotatable bonds is 16. The van der Waals surface area contributed by atoms with Gasteiger partial charge in [-0.25, -0.2) is 0 Å². The molecule has 0 saturated carbocycles. The minimum Gasteiger partial charge on any atom is -0.463 e. The Balaban J connectivity index is 3.80. The topological polar surface area (TPSA) is 52.6 Å². The van der Waals surface area contributed by atoms with E-state index in [9.17, 15) is 9.59 Å². The summed E-state index contributed by atoms with van der Waals surface area (Å²) in [6.45, 7) is 8.31. The molecule has 0 aliphatic heterocycles. The van der Waals surface area contributed by atoms with Crippen molar-refractivity contribution < 1.29 is 19.1 Å². The van der Waals surface area contributed by atoms with Gasteiger partial charge in [-0.05, 0) is 32.6 Å². The van der Waals surface area contributed by atoms with Crippen LogP contribution in [0.1, 0.15) is 111 Å². The molecule has 0 aromatic rings. The Bertz CT molecular complexity index is 335. The second-order valence-corrected chi connectivity index (χ2v) is 7.05.